The van der Waals surface area contributed by atoms with Gasteiger partial charge in [-0.2, -0.15) is 0 Å². The van der Waals surface area contributed by atoms with E-state index in [0.717, 1.165) is 0 Å². The summed E-state index contributed by atoms with van der Waals surface area (Å²) in [5, 5.41) is 0. The summed E-state index contributed by atoms with van der Waals surface area (Å²) in [6.45, 7) is 0. The molecule has 0 heterocycles. The minimum atomic E-state index is 0.498. The lowest BCUT2D eigenvalue weighted by atomic mass is 9.80. The summed E-state index contributed by atoms with van der Waals surface area (Å²) in [6.07, 6.45) is 0. The Hall–Kier alpha value is 0.440. The van der Waals surface area contributed by atoms with Gasteiger partial charge in [0.15, 0.2) is 0 Å². The molecule has 0 aliphatic rings. The van der Waals surface area contributed by atoms with Crippen LogP contribution in [0.2, 0.25) is 0 Å². The molecule has 0 saturated heterocycles. The first kappa shape index (κ1) is 5.44. The molecule has 0 aliphatic carbocycles. The third-order valence-corrected chi connectivity index (χ3v) is 0.775. The molecule has 0 aromatic rings. The van der Waals surface area contributed by atoms with E-state index in [2.05, 4.69) is 17.5 Å². The molecule has 0 aromatic carbocycles. The van der Waals surface area contributed by atoms with Crippen molar-refractivity contribution in [1.29, 1.82) is 0 Å². The molecule has 0 amide bonds. The summed E-state index contributed by atoms with van der Waals surface area (Å²) < 4.78 is 2.72. The standard InChI is InChI=1S/CH7B2NS/c2-1(3)4-5/h1,4-5H,2-3H2. The van der Waals surface area contributed by atoms with E-state index in [1.807, 2.05) is 15.7 Å². The van der Waals surface area contributed by atoms with Gasteiger partial charge in [-0.1, -0.05) is 0 Å². The summed E-state index contributed by atoms with van der Waals surface area (Å²) in [5.74, 6) is 0.498. The van der Waals surface area contributed by atoms with Gasteiger partial charge in [0.05, 0.1) is 0 Å². The fourth-order valence-corrected chi connectivity index (χ4v) is 0. The highest BCUT2D eigenvalue weighted by atomic mass is 32.1. The van der Waals surface area contributed by atoms with Crippen molar-refractivity contribution in [3.05, 3.63) is 0 Å². The van der Waals surface area contributed by atoms with Crippen LogP contribution in [0.1, 0.15) is 0 Å². The first-order valence-corrected chi connectivity index (χ1v) is 2.11. The Morgan fingerprint density at radius 1 is 1.60 bits per heavy atom. The van der Waals surface area contributed by atoms with Gasteiger partial charge in [-0.15, -0.1) is 12.8 Å². The van der Waals surface area contributed by atoms with Gasteiger partial charge in [0.2, 0.25) is 0 Å². The molecule has 0 aliphatic heterocycles. The van der Waals surface area contributed by atoms with Gasteiger partial charge in [0.25, 0.3) is 0 Å². The summed E-state index contributed by atoms with van der Waals surface area (Å²) in [4.78, 5) is 0. The van der Waals surface area contributed by atoms with Gasteiger partial charge in [-0.3, -0.25) is 4.72 Å². The number of hydrogen-bond donors (Lipinski definition) is 2. The van der Waals surface area contributed by atoms with E-state index >= 15 is 0 Å². The lowest BCUT2D eigenvalue weighted by molar-refractivity contribution is 1.15. The van der Waals surface area contributed by atoms with Crippen LogP contribution in [0.25, 0.3) is 0 Å². The molecule has 0 unspecified atom stereocenters. The van der Waals surface area contributed by atoms with Gasteiger partial charge in [-0.25, -0.2) is 0 Å². The maximum absolute atomic E-state index is 3.77. The molecular weight excluding hydrogens is 79.7 g/mol. The van der Waals surface area contributed by atoms with Crippen LogP contribution in [0.15, 0.2) is 0 Å². The zero-order valence-electron chi connectivity index (χ0n) is 3.52. The molecule has 5 heavy (non-hydrogen) atoms. The average molecular weight is 86.8 g/mol. The maximum Gasteiger partial charge on any atom is 0.114 e. The number of nitrogens with one attached hydrogen (secondary N) is 1. The quantitative estimate of drug-likeness (QED) is 0.277. The van der Waals surface area contributed by atoms with Crippen molar-refractivity contribution in [2.75, 3.05) is 0 Å². The second-order valence-corrected chi connectivity index (χ2v) is 1.54. The van der Waals surface area contributed by atoms with Crippen LogP contribution in [0.5, 0.6) is 0 Å². The van der Waals surface area contributed by atoms with Crippen LogP contribution in [-0.2, 0) is 0 Å². The largest absolute Gasteiger partial charge is 0.280 e. The monoisotopic (exact) mass is 87.0 g/mol. The van der Waals surface area contributed by atoms with Gasteiger partial charge < -0.3 is 0 Å². The van der Waals surface area contributed by atoms with Gasteiger partial charge in [0, 0.05) is 0 Å². The van der Waals surface area contributed by atoms with Crippen LogP contribution in [-0.4, -0.2) is 21.5 Å². The molecule has 1 N–H and O–H groups in total. The first-order chi connectivity index (χ1) is 2.27. The topological polar surface area (TPSA) is 12.0 Å². The highest BCUT2D eigenvalue weighted by molar-refractivity contribution is 7.78. The number of hydrogen-bond acceptors (Lipinski definition) is 2. The number of thiol groups is 1. The van der Waals surface area contributed by atoms with Crippen molar-refractivity contribution in [2.45, 2.75) is 5.84 Å². The highest BCUT2D eigenvalue weighted by Crippen LogP contribution is 1.60. The minimum absolute atomic E-state index is 0.498. The molecule has 28 valence electrons. The zero-order chi connectivity index (χ0) is 4.28. The molecule has 0 radical (unpaired) electrons. The van der Waals surface area contributed by atoms with Gasteiger partial charge in [-0.05, 0) is 5.84 Å². The third kappa shape index (κ3) is 4.44. The lowest BCUT2D eigenvalue weighted by Crippen LogP contribution is -2.19. The van der Waals surface area contributed by atoms with E-state index in [-0.39, 0.29) is 0 Å². The molecule has 0 saturated carbocycles. The summed E-state index contributed by atoms with van der Waals surface area (Å²) >= 11 is 3.77. The van der Waals surface area contributed by atoms with Crippen molar-refractivity contribution in [1.82, 2.24) is 4.72 Å². The first-order valence-electron chi connectivity index (χ1n) is 1.67. The second-order valence-electron chi connectivity index (χ2n) is 1.28. The Bertz CT molecular complexity index is 23.6. The Labute approximate surface area is 39.9 Å². The fourth-order valence-electron chi connectivity index (χ4n) is 0. The predicted octanol–water partition coefficient (Wildman–Crippen LogP) is -2.03. The smallest absolute Gasteiger partial charge is 0.114 e. The SMILES string of the molecule is BC(B)NS. The van der Waals surface area contributed by atoms with Crippen LogP contribution in [0, 0.1) is 0 Å². The normalized spacial score (nSPS) is 9.20. The maximum atomic E-state index is 3.77. The summed E-state index contributed by atoms with van der Waals surface area (Å²) in [7, 11) is 4.07. The van der Waals surface area contributed by atoms with Crippen LogP contribution in [0.4, 0.5) is 0 Å². The lowest BCUT2D eigenvalue weighted by Gasteiger charge is -1.93. The average Bonchev–Trinajstić information content (AvgIpc) is 1.38. The molecule has 1 nitrogen and oxygen atoms in total. The Balaban J connectivity index is 2.54. The molecule has 0 bridgehead atoms. The van der Waals surface area contributed by atoms with E-state index in [4.69, 9.17) is 0 Å². The molecule has 4 heteroatoms. The summed E-state index contributed by atoms with van der Waals surface area (Å²) in [6, 6.07) is 0. The van der Waals surface area contributed by atoms with E-state index < -0.39 is 0 Å². The second kappa shape index (κ2) is 2.67. The van der Waals surface area contributed by atoms with Gasteiger partial charge >= 0.3 is 0 Å². The van der Waals surface area contributed by atoms with Crippen molar-refractivity contribution < 1.29 is 0 Å². The van der Waals surface area contributed by atoms with E-state index in [0.29, 0.717) is 5.84 Å². The van der Waals surface area contributed by atoms with E-state index in [1.54, 1.807) is 0 Å². The molecule has 0 rings (SSSR count). The van der Waals surface area contributed by atoms with Crippen LogP contribution < -0.4 is 4.72 Å². The van der Waals surface area contributed by atoms with Crippen molar-refractivity contribution in [2.24, 2.45) is 0 Å². The molecular formula is CH7B2NS. The Kier molecular flexibility index (Phi) is 2.90. The van der Waals surface area contributed by atoms with Gasteiger partial charge in [0.1, 0.15) is 15.7 Å². The summed E-state index contributed by atoms with van der Waals surface area (Å²) in [5.41, 5.74) is 0. The van der Waals surface area contributed by atoms with Crippen molar-refractivity contribution in [3.8, 4) is 0 Å². The third-order valence-electron chi connectivity index (χ3n) is 0.258. The zero-order valence-corrected chi connectivity index (χ0v) is 4.42. The fraction of sp³-hybridized carbons (Fsp3) is 1.00. The Morgan fingerprint density at radius 3 is 1.80 bits per heavy atom. The predicted molar refractivity (Wildman–Crippen MR) is 33.0 cm³/mol. The minimum Gasteiger partial charge on any atom is -0.280 e. The van der Waals surface area contributed by atoms with Crippen molar-refractivity contribution >= 4 is 28.5 Å². The van der Waals surface area contributed by atoms with Crippen LogP contribution >= 0.6 is 12.8 Å². The molecule has 0 fully saturated rings. The van der Waals surface area contributed by atoms with Crippen LogP contribution in [0.3, 0.4) is 0 Å². The highest BCUT2D eigenvalue weighted by Gasteiger charge is 1.80. The number of rotatable bonds is 1. The van der Waals surface area contributed by atoms with Crippen molar-refractivity contribution in [3.63, 3.8) is 0 Å². The molecule has 0 atom stereocenters. The van der Waals surface area contributed by atoms with E-state index in [9.17, 15) is 0 Å². The molecule has 0 aromatic heterocycles. The van der Waals surface area contributed by atoms with E-state index in [1.165, 1.54) is 0 Å². The Morgan fingerprint density at radius 2 is 1.80 bits per heavy atom. The molecule has 0 spiro atoms.